The number of hydrazone groups is 1. The fraction of sp³-hybridized carbons (Fsp3) is 0.333. The van der Waals surface area contributed by atoms with Gasteiger partial charge in [0.2, 0.25) is 5.13 Å². The molecule has 1 aromatic heterocycles. The highest BCUT2D eigenvalue weighted by Gasteiger charge is 2.04. The van der Waals surface area contributed by atoms with Crippen molar-refractivity contribution in [1.82, 2.24) is 4.98 Å². The molecule has 1 heterocycles. The van der Waals surface area contributed by atoms with Crippen LogP contribution in [0.15, 0.2) is 28.7 Å². The highest BCUT2D eigenvalue weighted by molar-refractivity contribution is 7.13. The van der Waals surface area contributed by atoms with E-state index < -0.39 is 0 Å². The molecule has 0 aliphatic rings. The number of benzene rings is 1. The van der Waals surface area contributed by atoms with E-state index in [1.165, 1.54) is 23.5 Å². The lowest BCUT2D eigenvalue weighted by Gasteiger charge is -2.10. The Balaban J connectivity index is 2.07. The second kappa shape index (κ2) is 7.28. The Bertz CT molecular complexity index is 625. The molecule has 6 heteroatoms. The van der Waals surface area contributed by atoms with E-state index >= 15 is 0 Å². The summed E-state index contributed by atoms with van der Waals surface area (Å²) >= 11 is 1.48. The van der Waals surface area contributed by atoms with Gasteiger partial charge in [-0.1, -0.05) is 6.07 Å². The van der Waals surface area contributed by atoms with Crippen LogP contribution in [0.3, 0.4) is 0 Å². The van der Waals surface area contributed by atoms with Crippen molar-refractivity contribution >= 4 is 22.7 Å². The smallest absolute Gasteiger partial charge is 0.203 e. The van der Waals surface area contributed by atoms with Gasteiger partial charge in [-0.3, -0.25) is 5.43 Å². The third-order valence-corrected chi connectivity index (χ3v) is 3.52. The Kier molecular flexibility index (Phi) is 5.41. The fourth-order valence-electron chi connectivity index (χ4n) is 1.64. The van der Waals surface area contributed by atoms with Gasteiger partial charge >= 0.3 is 0 Å². The summed E-state index contributed by atoms with van der Waals surface area (Å²) in [5.41, 5.74) is 5.40. The van der Waals surface area contributed by atoms with Gasteiger partial charge in [0, 0.05) is 10.9 Å². The molecule has 4 nitrogen and oxygen atoms in total. The lowest BCUT2D eigenvalue weighted by atomic mass is 10.1. The number of hydrogen-bond acceptors (Lipinski definition) is 5. The number of ether oxygens (including phenoxy) is 1. The van der Waals surface area contributed by atoms with Gasteiger partial charge in [-0.15, -0.1) is 11.3 Å². The standard InChI is InChI=1S/C15H18FN3OS/c1-10(2)20-8-13-6-14(16)5-4-12(13)7-17-19-15-18-11(3)9-21-15/h4-7,9-10H,8H2,1-3H3,(H,18,19). The number of nitrogens with one attached hydrogen (secondary N) is 1. The second-order valence-corrected chi connectivity index (χ2v) is 5.73. The first-order valence-electron chi connectivity index (χ1n) is 6.66. The molecule has 112 valence electrons. The average molecular weight is 307 g/mol. The lowest BCUT2D eigenvalue weighted by molar-refractivity contribution is 0.0655. The Morgan fingerprint density at radius 3 is 2.95 bits per heavy atom. The molecule has 0 aliphatic carbocycles. The molecule has 21 heavy (non-hydrogen) atoms. The van der Waals surface area contributed by atoms with Crippen LogP contribution in [0.1, 0.15) is 30.7 Å². The van der Waals surface area contributed by atoms with E-state index in [1.54, 1.807) is 12.3 Å². The molecule has 0 radical (unpaired) electrons. The molecule has 1 N–H and O–H groups in total. The fourth-order valence-corrected chi connectivity index (χ4v) is 2.28. The summed E-state index contributed by atoms with van der Waals surface area (Å²) in [4.78, 5) is 4.25. The Labute approximate surface area is 127 Å². The maximum Gasteiger partial charge on any atom is 0.203 e. The average Bonchev–Trinajstić information content (AvgIpc) is 2.84. The van der Waals surface area contributed by atoms with Crippen LogP contribution in [-0.2, 0) is 11.3 Å². The maximum atomic E-state index is 13.3. The van der Waals surface area contributed by atoms with E-state index in [0.29, 0.717) is 6.61 Å². The van der Waals surface area contributed by atoms with Crippen molar-refractivity contribution < 1.29 is 9.13 Å². The highest BCUT2D eigenvalue weighted by atomic mass is 32.1. The van der Waals surface area contributed by atoms with Crippen LogP contribution < -0.4 is 5.43 Å². The molecule has 0 amide bonds. The second-order valence-electron chi connectivity index (χ2n) is 4.87. The van der Waals surface area contributed by atoms with Crippen LogP contribution in [0.25, 0.3) is 0 Å². The van der Waals surface area contributed by atoms with Gasteiger partial charge in [-0.25, -0.2) is 9.37 Å². The van der Waals surface area contributed by atoms with Gasteiger partial charge in [0.25, 0.3) is 0 Å². The van der Waals surface area contributed by atoms with E-state index in [9.17, 15) is 4.39 Å². The minimum Gasteiger partial charge on any atom is -0.374 e. The zero-order chi connectivity index (χ0) is 15.2. The molecule has 0 saturated heterocycles. The van der Waals surface area contributed by atoms with Crippen LogP contribution in [0.4, 0.5) is 9.52 Å². The van der Waals surface area contributed by atoms with Crippen LogP contribution in [0.2, 0.25) is 0 Å². The van der Waals surface area contributed by atoms with Gasteiger partial charge in [0.1, 0.15) is 5.82 Å². The van der Waals surface area contributed by atoms with Gasteiger partial charge in [0.15, 0.2) is 0 Å². The van der Waals surface area contributed by atoms with Crippen molar-refractivity contribution in [2.24, 2.45) is 5.10 Å². The number of thiazole rings is 1. The quantitative estimate of drug-likeness (QED) is 0.649. The molecular formula is C15H18FN3OS. The Hall–Kier alpha value is -1.79. The maximum absolute atomic E-state index is 13.3. The normalized spacial score (nSPS) is 11.5. The summed E-state index contributed by atoms with van der Waals surface area (Å²) in [6.07, 6.45) is 1.74. The van der Waals surface area contributed by atoms with Crippen molar-refractivity contribution in [2.45, 2.75) is 33.5 Å². The molecule has 0 aliphatic heterocycles. The Morgan fingerprint density at radius 1 is 1.48 bits per heavy atom. The SMILES string of the molecule is Cc1csc(NN=Cc2ccc(F)cc2COC(C)C)n1. The third kappa shape index (κ3) is 4.91. The molecule has 0 spiro atoms. The van der Waals surface area contributed by atoms with Crippen molar-refractivity contribution in [1.29, 1.82) is 0 Å². The monoisotopic (exact) mass is 307 g/mol. The summed E-state index contributed by atoms with van der Waals surface area (Å²) < 4.78 is 18.9. The van der Waals surface area contributed by atoms with E-state index in [0.717, 1.165) is 22.0 Å². The number of anilines is 1. The van der Waals surface area contributed by atoms with Crippen LogP contribution >= 0.6 is 11.3 Å². The molecule has 0 fully saturated rings. The number of rotatable bonds is 6. The summed E-state index contributed by atoms with van der Waals surface area (Å²) in [7, 11) is 0. The van der Waals surface area contributed by atoms with E-state index in [4.69, 9.17) is 4.74 Å². The largest absolute Gasteiger partial charge is 0.374 e. The molecule has 0 bridgehead atoms. The van der Waals surface area contributed by atoms with Crippen LogP contribution in [0, 0.1) is 12.7 Å². The number of aryl methyl sites for hydroxylation is 1. The number of halogens is 1. The minimum absolute atomic E-state index is 0.0921. The van der Waals surface area contributed by atoms with E-state index in [2.05, 4.69) is 15.5 Å². The highest BCUT2D eigenvalue weighted by Crippen LogP contribution is 2.15. The summed E-state index contributed by atoms with van der Waals surface area (Å²) in [6.45, 7) is 6.17. The zero-order valence-corrected chi connectivity index (χ0v) is 13.1. The van der Waals surface area contributed by atoms with E-state index in [-0.39, 0.29) is 11.9 Å². The lowest BCUT2D eigenvalue weighted by Crippen LogP contribution is -2.05. The summed E-state index contributed by atoms with van der Waals surface area (Å²) in [6, 6.07) is 4.57. The van der Waals surface area contributed by atoms with Crippen molar-refractivity contribution in [3.63, 3.8) is 0 Å². The zero-order valence-electron chi connectivity index (χ0n) is 12.3. The molecule has 2 aromatic rings. The number of aromatic nitrogens is 1. The first-order chi connectivity index (χ1) is 10.0. The molecule has 1 aromatic carbocycles. The number of hydrogen-bond donors (Lipinski definition) is 1. The first-order valence-corrected chi connectivity index (χ1v) is 7.54. The van der Waals surface area contributed by atoms with Crippen molar-refractivity contribution in [2.75, 3.05) is 5.43 Å². The van der Waals surface area contributed by atoms with Crippen molar-refractivity contribution in [3.05, 3.63) is 46.2 Å². The predicted molar refractivity (Wildman–Crippen MR) is 84.4 cm³/mol. The van der Waals surface area contributed by atoms with Crippen LogP contribution in [0.5, 0.6) is 0 Å². The van der Waals surface area contributed by atoms with Crippen LogP contribution in [-0.4, -0.2) is 17.3 Å². The number of nitrogens with zero attached hydrogens (tertiary/aromatic N) is 2. The van der Waals surface area contributed by atoms with Gasteiger partial charge in [-0.2, -0.15) is 5.10 Å². The van der Waals surface area contributed by atoms with Crippen molar-refractivity contribution in [3.8, 4) is 0 Å². The summed E-state index contributed by atoms with van der Waals surface area (Å²) in [5, 5.41) is 6.81. The molecular weight excluding hydrogens is 289 g/mol. The third-order valence-electron chi connectivity index (χ3n) is 2.66. The van der Waals surface area contributed by atoms with Gasteiger partial charge in [-0.05, 0) is 38.5 Å². The topological polar surface area (TPSA) is 46.5 Å². The Morgan fingerprint density at radius 2 is 2.29 bits per heavy atom. The summed E-state index contributed by atoms with van der Waals surface area (Å²) in [5.74, 6) is -0.280. The molecule has 2 rings (SSSR count). The predicted octanol–water partition coefficient (Wildman–Crippen LogP) is 3.96. The molecule has 0 saturated carbocycles. The molecule has 0 atom stereocenters. The van der Waals surface area contributed by atoms with Gasteiger partial charge in [0.05, 0.1) is 24.6 Å². The minimum atomic E-state index is -0.280. The molecule has 0 unspecified atom stereocenters. The van der Waals surface area contributed by atoms with Gasteiger partial charge < -0.3 is 4.74 Å². The first kappa shape index (κ1) is 15.6. The van der Waals surface area contributed by atoms with E-state index in [1.807, 2.05) is 26.2 Å².